The molecule has 0 bridgehead atoms. The Bertz CT molecular complexity index is 216. The normalized spacial score (nSPS) is 7.75. The van der Waals surface area contributed by atoms with E-state index in [2.05, 4.69) is 39.0 Å². The van der Waals surface area contributed by atoms with Crippen molar-refractivity contribution in [3.8, 4) is 0 Å². The third-order valence-electron chi connectivity index (χ3n) is 1.66. The minimum atomic E-state index is 0. The predicted molar refractivity (Wildman–Crippen MR) is 52.0 cm³/mol. The van der Waals surface area contributed by atoms with E-state index in [0.29, 0.717) is 0 Å². The van der Waals surface area contributed by atoms with Gasteiger partial charge in [-0.05, 0) is 31.9 Å². The maximum atomic E-state index is 2.20. The Labute approximate surface area is 90.7 Å². The fourth-order valence-corrected chi connectivity index (χ4v) is 0.891. The standard InChI is InChI=1S/C9H12.C2H6.W/c1-7-4-5-8(2)9(3)6-7;1-2;/h4-6H,1-3H3;1-2H3;. The van der Waals surface area contributed by atoms with Crippen LogP contribution in [0.2, 0.25) is 0 Å². The van der Waals surface area contributed by atoms with Gasteiger partial charge in [0.25, 0.3) is 0 Å². The number of hydrogen-bond acceptors (Lipinski definition) is 0. The summed E-state index contributed by atoms with van der Waals surface area (Å²) in [6.07, 6.45) is 0. The molecule has 0 heterocycles. The number of aryl methyl sites for hydroxylation is 3. The summed E-state index contributed by atoms with van der Waals surface area (Å²) in [5, 5.41) is 0. The Kier molecular flexibility index (Phi) is 9.08. The molecule has 0 nitrogen and oxygen atoms in total. The van der Waals surface area contributed by atoms with Crippen LogP contribution in [0.25, 0.3) is 0 Å². The average Bonchev–Trinajstić information content (AvgIpc) is 2.02. The van der Waals surface area contributed by atoms with Crippen LogP contribution in [0.3, 0.4) is 0 Å². The van der Waals surface area contributed by atoms with Gasteiger partial charge in [-0.2, -0.15) is 0 Å². The fraction of sp³-hybridized carbons (Fsp3) is 0.455. The summed E-state index contributed by atoms with van der Waals surface area (Å²) in [5.41, 5.74) is 4.11. The molecule has 0 aliphatic rings. The Hall–Kier alpha value is -0.0917. The molecule has 0 atom stereocenters. The number of rotatable bonds is 0. The molecule has 0 aliphatic heterocycles. The first-order valence-electron chi connectivity index (χ1n) is 4.24. The maximum Gasteiger partial charge on any atom is 0 e. The van der Waals surface area contributed by atoms with Crippen LogP contribution in [-0.4, -0.2) is 0 Å². The van der Waals surface area contributed by atoms with Crippen LogP contribution in [0.5, 0.6) is 0 Å². The molecule has 0 radical (unpaired) electrons. The van der Waals surface area contributed by atoms with E-state index >= 15 is 0 Å². The molecule has 1 aromatic carbocycles. The minimum Gasteiger partial charge on any atom is -0.0683 e. The second kappa shape index (κ2) is 7.55. The van der Waals surface area contributed by atoms with Gasteiger partial charge in [0, 0.05) is 21.1 Å². The molecule has 0 saturated carbocycles. The second-order valence-electron chi connectivity index (χ2n) is 2.59. The predicted octanol–water partition coefficient (Wildman–Crippen LogP) is 3.64. The average molecular weight is 334 g/mol. The van der Waals surface area contributed by atoms with Crippen molar-refractivity contribution in [1.82, 2.24) is 0 Å². The van der Waals surface area contributed by atoms with Crippen molar-refractivity contribution in [2.24, 2.45) is 0 Å². The zero-order valence-electron chi connectivity index (χ0n) is 8.64. The largest absolute Gasteiger partial charge is 0.0683 e. The summed E-state index contributed by atoms with van der Waals surface area (Å²) >= 11 is 0. The molecule has 0 spiro atoms. The molecule has 0 fully saturated rings. The van der Waals surface area contributed by atoms with Crippen molar-refractivity contribution in [3.05, 3.63) is 34.9 Å². The molecule has 0 N–H and O–H groups in total. The van der Waals surface area contributed by atoms with Crippen molar-refractivity contribution in [3.63, 3.8) is 0 Å². The molecular weight excluding hydrogens is 316 g/mol. The van der Waals surface area contributed by atoms with Gasteiger partial charge in [0.15, 0.2) is 0 Å². The van der Waals surface area contributed by atoms with E-state index in [1.54, 1.807) is 0 Å². The molecule has 0 aromatic heterocycles. The molecule has 1 aromatic rings. The first kappa shape index (κ1) is 14.4. The zero-order chi connectivity index (χ0) is 8.85. The third-order valence-corrected chi connectivity index (χ3v) is 1.66. The smallest absolute Gasteiger partial charge is 0 e. The van der Waals surface area contributed by atoms with Crippen LogP contribution in [0.4, 0.5) is 0 Å². The molecule has 12 heavy (non-hydrogen) atoms. The molecule has 1 rings (SSSR count). The van der Waals surface area contributed by atoms with Crippen LogP contribution in [-0.2, 0) is 21.1 Å². The van der Waals surface area contributed by atoms with E-state index < -0.39 is 0 Å². The van der Waals surface area contributed by atoms with Crippen molar-refractivity contribution < 1.29 is 21.1 Å². The van der Waals surface area contributed by atoms with Crippen LogP contribution >= 0.6 is 0 Å². The maximum absolute atomic E-state index is 2.20. The van der Waals surface area contributed by atoms with E-state index in [-0.39, 0.29) is 21.1 Å². The molecule has 0 aliphatic carbocycles. The SMILES string of the molecule is CC.Cc1ccc(C)c(C)c1.[W]. The van der Waals surface area contributed by atoms with Crippen molar-refractivity contribution in [2.45, 2.75) is 34.6 Å². The topological polar surface area (TPSA) is 0 Å². The van der Waals surface area contributed by atoms with Gasteiger partial charge in [0.2, 0.25) is 0 Å². The quantitative estimate of drug-likeness (QED) is 0.680. The molecule has 0 saturated heterocycles. The fourth-order valence-electron chi connectivity index (χ4n) is 0.891. The zero-order valence-corrected chi connectivity index (χ0v) is 11.6. The van der Waals surface area contributed by atoms with Crippen molar-refractivity contribution in [1.29, 1.82) is 0 Å². The Morgan fingerprint density at radius 3 is 1.67 bits per heavy atom. The number of benzene rings is 1. The monoisotopic (exact) mass is 334 g/mol. The Balaban J connectivity index is 0. The second-order valence-corrected chi connectivity index (χ2v) is 2.59. The summed E-state index contributed by atoms with van der Waals surface area (Å²) < 4.78 is 0. The molecule has 0 amide bonds. The Morgan fingerprint density at radius 2 is 1.33 bits per heavy atom. The molecule has 68 valence electrons. The van der Waals surface area contributed by atoms with Crippen LogP contribution in [0, 0.1) is 20.8 Å². The molecule has 0 unspecified atom stereocenters. The van der Waals surface area contributed by atoms with E-state index in [4.69, 9.17) is 0 Å². The third kappa shape index (κ3) is 4.72. The molecular formula is C11H18W. The van der Waals surface area contributed by atoms with Crippen LogP contribution in [0.1, 0.15) is 30.5 Å². The summed E-state index contributed by atoms with van der Waals surface area (Å²) in [7, 11) is 0. The van der Waals surface area contributed by atoms with Gasteiger partial charge >= 0.3 is 0 Å². The number of hydrogen-bond donors (Lipinski definition) is 0. The van der Waals surface area contributed by atoms with Gasteiger partial charge in [-0.3, -0.25) is 0 Å². The van der Waals surface area contributed by atoms with E-state index in [1.807, 2.05) is 13.8 Å². The van der Waals surface area contributed by atoms with Crippen molar-refractivity contribution >= 4 is 0 Å². The Morgan fingerprint density at radius 1 is 0.833 bits per heavy atom. The van der Waals surface area contributed by atoms with Gasteiger partial charge in [-0.15, -0.1) is 0 Å². The van der Waals surface area contributed by atoms with Crippen molar-refractivity contribution in [2.75, 3.05) is 0 Å². The van der Waals surface area contributed by atoms with Crippen LogP contribution < -0.4 is 0 Å². The first-order chi connectivity index (χ1) is 5.20. The van der Waals surface area contributed by atoms with Gasteiger partial charge < -0.3 is 0 Å². The summed E-state index contributed by atoms with van der Waals surface area (Å²) in [4.78, 5) is 0. The molecule has 1 heteroatoms. The van der Waals surface area contributed by atoms with E-state index in [9.17, 15) is 0 Å². The van der Waals surface area contributed by atoms with Gasteiger partial charge in [-0.1, -0.05) is 37.6 Å². The van der Waals surface area contributed by atoms with Gasteiger partial charge in [-0.25, -0.2) is 0 Å². The minimum absolute atomic E-state index is 0. The summed E-state index contributed by atoms with van der Waals surface area (Å²) in [5.74, 6) is 0. The van der Waals surface area contributed by atoms with Gasteiger partial charge in [0.1, 0.15) is 0 Å². The summed E-state index contributed by atoms with van der Waals surface area (Å²) in [6, 6.07) is 6.50. The summed E-state index contributed by atoms with van der Waals surface area (Å²) in [6.45, 7) is 10.4. The first-order valence-corrected chi connectivity index (χ1v) is 4.24. The van der Waals surface area contributed by atoms with E-state index in [1.165, 1.54) is 16.7 Å². The van der Waals surface area contributed by atoms with Gasteiger partial charge in [0.05, 0.1) is 0 Å². The van der Waals surface area contributed by atoms with E-state index in [0.717, 1.165) is 0 Å². The van der Waals surface area contributed by atoms with Crippen LogP contribution in [0.15, 0.2) is 18.2 Å².